The van der Waals surface area contributed by atoms with Crippen LogP contribution >= 0.6 is 0 Å². The number of methoxy groups -OCH3 is 1. The van der Waals surface area contributed by atoms with Crippen molar-refractivity contribution >= 4 is 0 Å². The lowest BCUT2D eigenvalue weighted by Gasteiger charge is -2.64. The lowest BCUT2D eigenvalue weighted by Crippen LogP contribution is -2.60. The van der Waals surface area contributed by atoms with Gasteiger partial charge in [0.15, 0.2) is 0 Å². The largest absolute Gasteiger partial charge is 0.381 e. The van der Waals surface area contributed by atoms with Crippen molar-refractivity contribution in [1.82, 2.24) is 0 Å². The van der Waals surface area contributed by atoms with Gasteiger partial charge in [-0.1, -0.05) is 58.8 Å². The van der Waals surface area contributed by atoms with Gasteiger partial charge in [-0.05, 0) is 78.9 Å². The van der Waals surface area contributed by atoms with Crippen LogP contribution in [0, 0.1) is 52.3 Å². The Hall–Kier alpha value is -0.560. The Bertz CT molecular complexity index is 620. The number of fused-ring (bicyclic) bond motifs is 5. The summed E-state index contributed by atoms with van der Waals surface area (Å²) in [6.07, 6.45) is 13.4. The summed E-state index contributed by atoms with van der Waals surface area (Å²) in [4.78, 5) is 0. The summed E-state index contributed by atoms with van der Waals surface area (Å²) in [5.74, 6) is 5.63. The van der Waals surface area contributed by atoms with Crippen LogP contribution in [-0.4, -0.2) is 13.2 Å². The summed E-state index contributed by atoms with van der Waals surface area (Å²) < 4.78 is 6.29. The summed E-state index contributed by atoms with van der Waals surface area (Å²) in [5, 5.41) is 0. The SMILES string of the molecule is C=C[C@@H](C)C1=CC[C@H]2[C@@H]3[C@H](C)C[C@@H]4C[C@H](C)CC[C@]4(C)[C@H]3C[C@@H](OC)[C@]12C. The van der Waals surface area contributed by atoms with E-state index >= 15 is 0 Å². The van der Waals surface area contributed by atoms with Crippen molar-refractivity contribution in [1.29, 1.82) is 0 Å². The van der Waals surface area contributed by atoms with Gasteiger partial charge in [-0.15, -0.1) is 6.58 Å². The van der Waals surface area contributed by atoms with Gasteiger partial charge in [0.25, 0.3) is 0 Å². The minimum Gasteiger partial charge on any atom is -0.381 e. The van der Waals surface area contributed by atoms with Gasteiger partial charge in [0, 0.05) is 12.5 Å². The molecule has 3 saturated carbocycles. The summed E-state index contributed by atoms with van der Waals surface area (Å²) in [7, 11) is 1.97. The molecule has 0 unspecified atom stereocenters. The lowest BCUT2D eigenvalue weighted by molar-refractivity contribution is -0.176. The van der Waals surface area contributed by atoms with Crippen molar-refractivity contribution in [2.75, 3.05) is 7.11 Å². The summed E-state index contributed by atoms with van der Waals surface area (Å²) >= 11 is 0. The molecule has 1 nitrogen and oxygen atoms in total. The van der Waals surface area contributed by atoms with Crippen molar-refractivity contribution < 1.29 is 4.74 Å². The van der Waals surface area contributed by atoms with Gasteiger partial charge in [0.2, 0.25) is 0 Å². The number of hydrogen-bond donors (Lipinski definition) is 0. The fourth-order valence-corrected chi connectivity index (χ4v) is 8.57. The zero-order valence-corrected chi connectivity index (χ0v) is 18.6. The molecule has 0 aromatic rings. The highest BCUT2D eigenvalue weighted by Gasteiger charge is 2.63. The van der Waals surface area contributed by atoms with Gasteiger partial charge in [-0.2, -0.15) is 0 Å². The van der Waals surface area contributed by atoms with E-state index in [4.69, 9.17) is 4.74 Å². The van der Waals surface area contributed by atoms with Gasteiger partial charge in [-0.25, -0.2) is 0 Å². The van der Waals surface area contributed by atoms with E-state index in [1.54, 1.807) is 5.57 Å². The number of allylic oxidation sites excluding steroid dienone is 2. The fraction of sp³-hybridized carbons (Fsp3) is 0.846. The maximum atomic E-state index is 6.29. The molecule has 0 aromatic carbocycles. The molecular formula is C26H42O. The topological polar surface area (TPSA) is 9.23 Å². The van der Waals surface area contributed by atoms with E-state index in [2.05, 4.69) is 53.3 Å². The average Bonchev–Trinajstić information content (AvgIpc) is 2.99. The average molecular weight is 371 g/mol. The van der Waals surface area contributed by atoms with E-state index < -0.39 is 0 Å². The van der Waals surface area contributed by atoms with Crippen LogP contribution in [-0.2, 0) is 4.74 Å². The third kappa shape index (κ3) is 2.66. The van der Waals surface area contributed by atoms with Crippen molar-refractivity contribution in [2.45, 2.75) is 79.2 Å². The van der Waals surface area contributed by atoms with Crippen LogP contribution in [0.2, 0.25) is 0 Å². The molecule has 4 aliphatic carbocycles. The lowest BCUT2D eigenvalue weighted by atomic mass is 9.41. The molecule has 0 bridgehead atoms. The van der Waals surface area contributed by atoms with E-state index in [9.17, 15) is 0 Å². The van der Waals surface area contributed by atoms with E-state index in [0.717, 1.165) is 35.5 Å². The third-order valence-electron chi connectivity index (χ3n) is 10.1. The van der Waals surface area contributed by atoms with Crippen LogP contribution in [0.25, 0.3) is 0 Å². The minimum absolute atomic E-state index is 0.197. The molecular weight excluding hydrogens is 328 g/mol. The second-order valence-electron chi connectivity index (χ2n) is 11.2. The molecule has 152 valence electrons. The van der Waals surface area contributed by atoms with Crippen molar-refractivity contribution in [3.63, 3.8) is 0 Å². The van der Waals surface area contributed by atoms with Gasteiger partial charge in [0.05, 0.1) is 6.10 Å². The summed E-state index contributed by atoms with van der Waals surface area (Å²) in [6, 6.07) is 0. The summed E-state index contributed by atoms with van der Waals surface area (Å²) in [6.45, 7) is 16.7. The molecule has 4 aliphatic rings. The highest BCUT2D eigenvalue weighted by molar-refractivity contribution is 5.31. The normalized spacial score (nSPS) is 53.0. The Morgan fingerprint density at radius 3 is 2.59 bits per heavy atom. The summed E-state index contributed by atoms with van der Waals surface area (Å²) in [5.41, 5.74) is 2.35. The van der Waals surface area contributed by atoms with Gasteiger partial charge in [0.1, 0.15) is 0 Å². The predicted octanol–water partition coefficient (Wildman–Crippen LogP) is 6.89. The Morgan fingerprint density at radius 1 is 1.19 bits per heavy atom. The maximum Gasteiger partial charge on any atom is 0.0668 e. The standard InChI is InChI=1S/C26H42O/c1-8-17(3)20-9-10-21-24-18(4)14-19-13-16(2)11-12-25(19,5)22(24)15-23(27-7)26(20,21)6/h8-9,16-19,21-24H,1,10-15H2,2-7H3/t16-,17-,18-,19+,21+,22+,23-,24+,25+,26-/m1/s1. The Morgan fingerprint density at radius 2 is 1.93 bits per heavy atom. The third-order valence-corrected chi connectivity index (χ3v) is 10.1. The number of ether oxygens (including phenoxy) is 1. The second-order valence-corrected chi connectivity index (χ2v) is 11.2. The molecule has 0 saturated heterocycles. The van der Waals surface area contributed by atoms with Crippen LogP contribution in [0.4, 0.5) is 0 Å². The van der Waals surface area contributed by atoms with Crippen molar-refractivity contribution in [3.05, 3.63) is 24.3 Å². The monoisotopic (exact) mass is 370 g/mol. The Balaban J connectivity index is 1.73. The number of rotatable bonds is 3. The van der Waals surface area contributed by atoms with Crippen molar-refractivity contribution in [2.24, 2.45) is 52.3 Å². The Labute approximate surface area is 168 Å². The molecule has 3 fully saturated rings. The first-order chi connectivity index (χ1) is 12.8. The zero-order valence-electron chi connectivity index (χ0n) is 18.6. The molecule has 0 aliphatic heterocycles. The second kappa shape index (κ2) is 6.75. The molecule has 10 atom stereocenters. The highest BCUT2D eigenvalue weighted by Crippen LogP contribution is 2.68. The molecule has 0 aromatic heterocycles. The quantitative estimate of drug-likeness (QED) is 0.491. The van der Waals surface area contributed by atoms with E-state index in [1.807, 2.05) is 7.11 Å². The van der Waals surface area contributed by atoms with Gasteiger partial charge in [-0.3, -0.25) is 0 Å². The molecule has 1 heteroatoms. The number of hydrogen-bond acceptors (Lipinski definition) is 1. The van der Waals surface area contributed by atoms with E-state index in [0.29, 0.717) is 17.4 Å². The fourth-order valence-electron chi connectivity index (χ4n) is 8.57. The molecule has 27 heavy (non-hydrogen) atoms. The molecule has 0 spiro atoms. The molecule has 0 radical (unpaired) electrons. The minimum atomic E-state index is 0.197. The van der Waals surface area contributed by atoms with Gasteiger partial charge >= 0.3 is 0 Å². The van der Waals surface area contributed by atoms with Crippen LogP contribution in [0.5, 0.6) is 0 Å². The molecule has 0 N–H and O–H groups in total. The first kappa shape index (κ1) is 19.7. The molecule has 0 heterocycles. The van der Waals surface area contributed by atoms with Crippen molar-refractivity contribution in [3.8, 4) is 0 Å². The van der Waals surface area contributed by atoms with Gasteiger partial charge < -0.3 is 4.74 Å². The maximum absolute atomic E-state index is 6.29. The smallest absolute Gasteiger partial charge is 0.0668 e. The van der Waals surface area contributed by atoms with E-state index in [1.165, 1.54) is 38.5 Å². The highest BCUT2D eigenvalue weighted by atomic mass is 16.5. The predicted molar refractivity (Wildman–Crippen MR) is 114 cm³/mol. The Kier molecular flexibility index (Phi) is 4.94. The first-order valence-electron chi connectivity index (χ1n) is 11.6. The molecule has 4 rings (SSSR count). The van der Waals surface area contributed by atoms with E-state index in [-0.39, 0.29) is 5.41 Å². The first-order valence-corrected chi connectivity index (χ1v) is 11.6. The van der Waals surface area contributed by atoms with Crippen LogP contribution in [0.15, 0.2) is 24.3 Å². The van der Waals surface area contributed by atoms with Crippen LogP contribution in [0.1, 0.15) is 73.1 Å². The molecule has 0 amide bonds. The van der Waals surface area contributed by atoms with Crippen LogP contribution < -0.4 is 0 Å². The van der Waals surface area contributed by atoms with Crippen LogP contribution in [0.3, 0.4) is 0 Å². The zero-order chi connectivity index (χ0) is 19.6.